The van der Waals surface area contributed by atoms with Crippen molar-refractivity contribution in [2.45, 2.75) is 39.7 Å². The largest absolute Gasteiger partial charge is 0.492 e. The van der Waals surface area contributed by atoms with E-state index in [2.05, 4.69) is 53.6 Å². The van der Waals surface area contributed by atoms with Crippen LogP contribution in [-0.2, 0) is 0 Å². The molecule has 2 atom stereocenters. The number of anilines is 2. The minimum Gasteiger partial charge on any atom is -0.492 e. The summed E-state index contributed by atoms with van der Waals surface area (Å²) >= 11 is 5.51. The average Bonchev–Trinajstić information content (AvgIpc) is 2.70. The van der Waals surface area contributed by atoms with Gasteiger partial charge in [-0.05, 0) is 74.7 Å². The second-order valence-electron chi connectivity index (χ2n) is 7.53. The first-order valence-electron chi connectivity index (χ1n) is 10.2. The summed E-state index contributed by atoms with van der Waals surface area (Å²) in [4.78, 5) is 2.49. The Morgan fingerprint density at radius 2 is 1.96 bits per heavy atom. The van der Waals surface area contributed by atoms with Gasteiger partial charge < -0.3 is 20.3 Å². The van der Waals surface area contributed by atoms with Crippen molar-refractivity contribution in [1.29, 1.82) is 0 Å². The summed E-state index contributed by atoms with van der Waals surface area (Å²) in [5.41, 5.74) is 3.41. The third-order valence-electron chi connectivity index (χ3n) is 5.20. The van der Waals surface area contributed by atoms with Gasteiger partial charge in [-0.2, -0.15) is 0 Å². The number of piperidine rings is 1. The summed E-state index contributed by atoms with van der Waals surface area (Å²) in [5.74, 6) is 1.58. The van der Waals surface area contributed by atoms with Crippen LogP contribution in [0.1, 0.15) is 45.2 Å². The summed E-state index contributed by atoms with van der Waals surface area (Å²) in [6.45, 7) is 9.37. The lowest BCUT2D eigenvalue weighted by Gasteiger charge is -2.33. The lowest BCUT2D eigenvalue weighted by Crippen LogP contribution is -2.34. The number of hydrogen-bond donors (Lipinski definition) is 2. The summed E-state index contributed by atoms with van der Waals surface area (Å²) in [5, 5.41) is 7.21. The molecule has 2 N–H and O–H groups in total. The molecule has 150 valence electrons. The standard InChI is InChI=1S/C23H31N3OS/c1-4-27-22-10-6-5-9-21(22)25-23(28)24-18(3)19-11-13-20(14-12-19)26-15-7-8-17(2)16-26/h5-6,9-14,17-18H,4,7-8,15-16H2,1-3H3,(H2,24,25,28). The number of rotatable bonds is 6. The lowest BCUT2D eigenvalue weighted by molar-refractivity contribution is 0.342. The van der Waals surface area contributed by atoms with E-state index in [1.807, 2.05) is 31.2 Å². The number of ether oxygens (including phenoxy) is 1. The van der Waals surface area contributed by atoms with Crippen LogP contribution in [-0.4, -0.2) is 24.8 Å². The summed E-state index contributed by atoms with van der Waals surface area (Å²) < 4.78 is 5.65. The normalized spacial score (nSPS) is 17.7. The molecule has 0 spiro atoms. The topological polar surface area (TPSA) is 36.5 Å². The van der Waals surface area contributed by atoms with Crippen LogP contribution in [0.4, 0.5) is 11.4 Å². The maximum Gasteiger partial charge on any atom is 0.171 e. The van der Waals surface area contributed by atoms with Crippen molar-refractivity contribution in [2.24, 2.45) is 5.92 Å². The van der Waals surface area contributed by atoms with Crippen LogP contribution in [0.15, 0.2) is 48.5 Å². The van der Waals surface area contributed by atoms with Gasteiger partial charge >= 0.3 is 0 Å². The fraction of sp³-hybridized carbons (Fsp3) is 0.435. The molecule has 28 heavy (non-hydrogen) atoms. The van der Waals surface area contributed by atoms with Crippen LogP contribution in [0.25, 0.3) is 0 Å². The van der Waals surface area contributed by atoms with Crippen molar-refractivity contribution < 1.29 is 4.74 Å². The smallest absolute Gasteiger partial charge is 0.171 e. The third-order valence-corrected chi connectivity index (χ3v) is 5.42. The summed E-state index contributed by atoms with van der Waals surface area (Å²) in [6, 6.07) is 16.8. The molecule has 2 unspecified atom stereocenters. The molecule has 0 amide bonds. The highest BCUT2D eigenvalue weighted by Gasteiger charge is 2.17. The Morgan fingerprint density at radius 1 is 1.21 bits per heavy atom. The predicted octanol–water partition coefficient (Wildman–Crippen LogP) is 5.37. The molecule has 1 heterocycles. The maximum atomic E-state index is 5.65. The van der Waals surface area contributed by atoms with Gasteiger partial charge in [0.1, 0.15) is 5.75 Å². The van der Waals surface area contributed by atoms with Crippen molar-refractivity contribution in [3.63, 3.8) is 0 Å². The van der Waals surface area contributed by atoms with Gasteiger partial charge in [0.15, 0.2) is 5.11 Å². The molecule has 0 aromatic heterocycles. The molecule has 0 saturated carbocycles. The highest BCUT2D eigenvalue weighted by molar-refractivity contribution is 7.80. The zero-order chi connectivity index (χ0) is 19.9. The fourth-order valence-electron chi connectivity index (χ4n) is 3.69. The molecule has 5 heteroatoms. The van der Waals surface area contributed by atoms with Crippen LogP contribution in [0, 0.1) is 5.92 Å². The molecular weight excluding hydrogens is 366 g/mol. The van der Waals surface area contributed by atoms with Crippen LogP contribution in [0.2, 0.25) is 0 Å². The summed E-state index contributed by atoms with van der Waals surface area (Å²) in [7, 11) is 0. The van der Waals surface area contributed by atoms with Crippen LogP contribution < -0.4 is 20.3 Å². The van der Waals surface area contributed by atoms with Crippen molar-refractivity contribution in [3.8, 4) is 5.75 Å². The Kier molecular flexibility index (Phi) is 7.15. The van der Waals surface area contributed by atoms with Crippen molar-refractivity contribution >= 4 is 28.7 Å². The molecule has 0 bridgehead atoms. The maximum absolute atomic E-state index is 5.65. The molecule has 2 aromatic carbocycles. The summed E-state index contributed by atoms with van der Waals surface area (Å²) in [6.07, 6.45) is 2.62. The van der Waals surface area contributed by atoms with Crippen molar-refractivity contribution in [1.82, 2.24) is 5.32 Å². The third kappa shape index (κ3) is 5.38. The van der Waals surface area contributed by atoms with Gasteiger partial charge in [0.2, 0.25) is 0 Å². The van der Waals surface area contributed by atoms with Gasteiger partial charge in [0.25, 0.3) is 0 Å². The van der Waals surface area contributed by atoms with E-state index in [1.54, 1.807) is 0 Å². The number of nitrogens with zero attached hydrogens (tertiary/aromatic N) is 1. The molecule has 1 aliphatic rings. The zero-order valence-electron chi connectivity index (χ0n) is 17.1. The Bertz CT molecular complexity index is 778. The Morgan fingerprint density at radius 3 is 2.68 bits per heavy atom. The number of hydrogen-bond acceptors (Lipinski definition) is 3. The van der Waals surface area contributed by atoms with E-state index in [4.69, 9.17) is 17.0 Å². The first-order valence-corrected chi connectivity index (χ1v) is 10.6. The second kappa shape index (κ2) is 9.78. The molecule has 0 radical (unpaired) electrons. The van der Waals surface area contributed by atoms with Gasteiger partial charge in [-0.1, -0.05) is 31.2 Å². The molecule has 1 aliphatic heterocycles. The first-order chi connectivity index (χ1) is 13.6. The van der Waals surface area contributed by atoms with E-state index in [-0.39, 0.29) is 6.04 Å². The Hall–Kier alpha value is -2.27. The van der Waals surface area contributed by atoms with Crippen LogP contribution in [0.5, 0.6) is 5.75 Å². The Balaban J connectivity index is 1.58. The number of para-hydroxylation sites is 2. The number of benzene rings is 2. The minimum atomic E-state index is 0.119. The van der Waals surface area contributed by atoms with Crippen molar-refractivity contribution in [3.05, 3.63) is 54.1 Å². The van der Waals surface area contributed by atoms with Crippen LogP contribution in [0.3, 0.4) is 0 Å². The lowest BCUT2D eigenvalue weighted by atomic mass is 9.99. The van der Waals surface area contributed by atoms with E-state index in [0.717, 1.165) is 30.4 Å². The molecule has 4 nitrogen and oxygen atoms in total. The Labute approximate surface area is 174 Å². The van der Waals surface area contributed by atoms with E-state index >= 15 is 0 Å². The van der Waals surface area contributed by atoms with Gasteiger partial charge in [-0.3, -0.25) is 0 Å². The van der Waals surface area contributed by atoms with Gasteiger partial charge in [-0.25, -0.2) is 0 Å². The number of thiocarbonyl (C=S) groups is 1. The minimum absolute atomic E-state index is 0.119. The van der Waals surface area contributed by atoms with Crippen LogP contribution >= 0.6 is 12.2 Å². The second-order valence-corrected chi connectivity index (χ2v) is 7.94. The van der Waals surface area contributed by atoms with E-state index in [1.165, 1.54) is 24.1 Å². The molecule has 1 fully saturated rings. The van der Waals surface area contributed by atoms with E-state index in [9.17, 15) is 0 Å². The van der Waals surface area contributed by atoms with Gasteiger partial charge in [-0.15, -0.1) is 0 Å². The molecule has 3 rings (SSSR count). The highest BCUT2D eigenvalue weighted by Crippen LogP contribution is 2.26. The van der Waals surface area contributed by atoms with E-state index < -0.39 is 0 Å². The highest BCUT2D eigenvalue weighted by atomic mass is 32.1. The molecule has 2 aromatic rings. The number of nitrogens with one attached hydrogen (secondary N) is 2. The molecule has 1 saturated heterocycles. The van der Waals surface area contributed by atoms with Crippen molar-refractivity contribution in [2.75, 3.05) is 29.9 Å². The molecule has 0 aliphatic carbocycles. The van der Waals surface area contributed by atoms with Gasteiger partial charge in [0, 0.05) is 18.8 Å². The van der Waals surface area contributed by atoms with Gasteiger partial charge in [0.05, 0.1) is 18.3 Å². The first kappa shape index (κ1) is 20.5. The average molecular weight is 398 g/mol. The fourth-order valence-corrected chi connectivity index (χ4v) is 3.97. The quantitative estimate of drug-likeness (QED) is 0.641. The molecular formula is C23H31N3OS. The SMILES string of the molecule is CCOc1ccccc1NC(=S)NC(C)c1ccc(N2CCCC(C)C2)cc1. The monoisotopic (exact) mass is 397 g/mol. The predicted molar refractivity (Wildman–Crippen MR) is 122 cm³/mol. The zero-order valence-corrected chi connectivity index (χ0v) is 17.9. The van der Waals surface area contributed by atoms with E-state index in [0.29, 0.717) is 11.7 Å².